The second-order valence-electron chi connectivity index (χ2n) is 6.65. The molecule has 0 amide bonds. The number of piperazine rings is 1. The molecule has 1 N–H and O–H groups in total. The molecular formula is C18H24N4OS2. The Morgan fingerprint density at radius 3 is 2.96 bits per heavy atom. The number of fused-ring (bicyclic) bond motifs is 1. The first-order valence-corrected chi connectivity index (χ1v) is 10.5. The number of thiazole rings is 1. The third kappa shape index (κ3) is 3.66. The van der Waals surface area contributed by atoms with Crippen molar-refractivity contribution in [2.75, 3.05) is 26.2 Å². The average Bonchev–Trinajstić information content (AvgIpc) is 3.31. The summed E-state index contributed by atoms with van der Waals surface area (Å²) in [5.41, 5.74) is 2.43. The summed E-state index contributed by atoms with van der Waals surface area (Å²) in [7, 11) is 0. The predicted molar refractivity (Wildman–Crippen MR) is 103 cm³/mol. The number of hydrogen-bond donors (Lipinski definition) is 1. The lowest BCUT2D eigenvalue weighted by atomic mass is 10.1. The van der Waals surface area contributed by atoms with E-state index in [1.54, 1.807) is 11.3 Å². The summed E-state index contributed by atoms with van der Waals surface area (Å²) < 4.78 is 2.22. The summed E-state index contributed by atoms with van der Waals surface area (Å²) in [6, 6.07) is 4.73. The minimum atomic E-state index is 0.250. The van der Waals surface area contributed by atoms with Gasteiger partial charge in [0.25, 0.3) is 0 Å². The first kappa shape index (κ1) is 17.2. The number of aryl methyl sites for hydroxylation is 1. The smallest absolute Gasteiger partial charge is 0.194 e. The highest BCUT2D eigenvalue weighted by Gasteiger charge is 2.27. The molecule has 0 aliphatic carbocycles. The lowest BCUT2D eigenvalue weighted by Gasteiger charge is -2.41. The van der Waals surface area contributed by atoms with Crippen LogP contribution in [-0.2, 0) is 13.1 Å². The van der Waals surface area contributed by atoms with Crippen molar-refractivity contribution in [2.24, 2.45) is 0 Å². The van der Waals surface area contributed by atoms with Crippen LogP contribution in [0.1, 0.15) is 22.7 Å². The molecule has 25 heavy (non-hydrogen) atoms. The molecule has 3 aromatic rings. The quantitative estimate of drug-likeness (QED) is 0.718. The van der Waals surface area contributed by atoms with Crippen LogP contribution in [-0.4, -0.2) is 56.6 Å². The summed E-state index contributed by atoms with van der Waals surface area (Å²) in [5.74, 6) is 0. The van der Waals surface area contributed by atoms with E-state index in [1.807, 2.05) is 11.3 Å². The SMILES string of the molecule is Cc1nc2sccn2c1CN1CCN(Cc2cccs2)[C@@H](CCO)C1. The van der Waals surface area contributed by atoms with Crippen LogP contribution in [0.25, 0.3) is 4.96 Å². The Morgan fingerprint density at radius 1 is 1.24 bits per heavy atom. The summed E-state index contributed by atoms with van der Waals surface area (Å²) >= 11 is 3.51. The number of imidazole rings is 1. The van der Waals surface area contributed by atoms with E-state index in [4.69, 9.17) is 0 Å². The van der Waals surface area contributed by atoms with Gasteiger partial charge >= 0.3 is 0 Å². The van der Waals surface area contributed by atoms with Gasteiger partial charge in [0.05, 0.1) is 11.4 Å². The fraction of sp³-hybridized carbons (Fsp3) is 0.500. The average molecular weight is 377 g/mol. The van der Waals surface area contributed by atoms with E-state index in [9.17, 15) is 5.11 Å². The molecule has 5 nitrogen and oxygen atoms in total. The monoisotopic (exact) mass is 376 g/mol. The highest BCUT2D eigenvalue weighted by Crippen LogP contribution is 2.22. The number of thiophene rings is 1. The Hall–Kier alpha value is -1.25. The second kappa shape index (κ2) is 7.55. The third-order valence-electron chi connectivity index (χ3n) is 5.02. The molecule has 0 aromatic carbocycles. The van der Waals surface area contributed by atoms with Crippen LogP contribution in [0.3, 0.4) is 0 Å². The molecule has 0 bridgehead atoms. The van der Waals surface area contributed by atoms with Crippen LogP contribution in [0.5, 0.6) is 0 Å². The van der Waals surface area contributed by atoms with Crippen molar-refractivity contribution in [1.29, 1.82) is 0 Å². The highest BCUT2D eigenvalue weighted by molar-refractivity contribution is 7.15. The predicted octanol–water partition coefficient (Wildman–Crippen LogP) is 2.83. The molecule has 1 saturated heterocycles. The normalized spacial score (nSPS) is 19.8. The van der Waals surface area contributed by atoms with Gasteiger partial charge in [0, 0.05) is 61.8 Å². The Balaban J connectivity index is 1.46. The number of aliphatic hydroxyl groups is 1. The van der Waals surface area contributed by atoms with Crippen LogP contribution in [0.4, 0.5) is 0 Å². The number of nitrogens with zero attached hydrogens (tertiary/aromatic N) is 4. The van der Waals surface area contributed by atoms with E-state index in [-0.39, 0.29) is 6.61 Å². The highest BCUT2D eigenvalue weighted by atomic mass is 32.1. The van der Waals surface area contributed by atoms with Gasteiger partial charge in [0.1, 0.15) is 0 Å². The van der Waals surface area contributed by atoms with Crippen molar-refractivity contribution in [3.8, 4) is 0 Å². The number of aliphatic hydroxyl groups excluding tert-OH is 1. The van der Waals surface area contributed by atoms with Gasteiger partial charge in [0.15, 0.2) is 4.96 Å². The Kier molecular flexibility index (Phi) is 5.19. The van der Waals surface area contributed by atoms with Crippen LogP contribution in [0.15, 0.2) is 29.1 Å². The zero-order valence-electron chi connectivity index (χ0n) is 14.5. The van der Waals surface area contributed by atoms with Gasteiger partial charge in [-0.05, 0) is 24.8 Å². The lowest BCUT2D eigenvalue weighted by Crippen LogP contribution is -2.52. The topological polar surface area (TPSA) is 44.0 Å². The Bertz CT molecular complexity index is 810. The third-order valence-corrected chi connectivity index (χ3v) is 6.64. The largest absolute Gasteiger partial charge is 0.396 e. The fourth-order valence-corrected chi connectivity index (χ4v) is 5.19. The molecule has 4 rings (SSSR count). The van der Waals surface area contributed by atoms with Crippen molar-refractivity contribution in [2.45, 2.75) is 32.5 Å². The molecule has 7 heteroatoms. The van der Waals surface area contributed by atoms with Crippen LogP contribution in [0.2, 0.25) is 0 Å². The molecule has 1 atom stereocenters. The second-order valence-corrected chi connectivity index (χ2v) is 8.56. The molecule has 4 heterocycles. The Labute approximate surface area is 156 Å². The minimum absolute atomic E-state index is 0.250. The van der Waals surface area contributed by atoms with Gasteiger partial charge in [-0.1, -0.05) is 6.07 Å². The molecule has 1 fully saturated rings. The minimum Gasteiger partial charge on any atom is -0.396 e. The van der Waals surface area contributed by atoms with Gasteiger partial charge in [-0.15, -0.1) is 22.7 Å². The van der Waals surface area contributed by atoms with E-state index in [0.29, 0.717) is 6.04 Å². The molecule has 0 spiro atoms. The summed E-state index contributed by atoms with van der Waals surface area (Å²) in [6.07, 6.45) is 2.95. The van der Waals surface area contributed by atoms with Crippen molar-refractivity contribution in [3.63, 3.8) is 0 Å². The molecule has 3 aromatic heterocycles. The van der Waals surface area contributed by atoms with Gasteiger partial charge in [0.2, 0.25) is 0 Å². The summed E-state index contributed by atoms with van der Waals surface area (Å²) in [6.45, 7) is 7.39. The maximum Gasteiger partial charge on any atom is 0.194 e. The Morgan fingerprint density at radius 2 is 2.16 bits per heavy atom. The van der Waals surface area contributed by atoms with Gasteiger partial charge < -0.3 is 5.11 Å². The maximum atomic E-state index is 9.51. The standard InChI is InChI=1S/C18H24N4OS2/c1-14-17(22-7-10-25-18(22)19-14)13-20-5-6-21(15(11-20)4-8-23)12-16-3-2-9-24-16/h2-3,7,9-10,15,23H,4-6,8,11-13H2,1H3/t15-/m0/s1. The van der Waals surface area contributed by atoms with Gasteiger partial charge in [-0.25, -0.2) is 4.98 Å². The molecular weight excluding hydrogens is 352 g/mol. The van der Waals surface area contributed by atoms with Crippen LogP contribution >= 0.6 is 22.7 Å². The van der Waals surface area contributed by atoms with Crippen molar-refractivity contribution in [3.05, 3.63) is 45.4 Å². The lowest BCUT2D eigenvalue weighted by molar-refractivity contribution is 0.0499. The first-order valence-electron chi connectivity index (χ1n) is 8.75. The molecule has 1 aliphatic rings. The van der Waals surface area contributed by atoms with Gasteiger partial charge in [-0.2, -0.15) is 0 Å². The van der Waals surface area contributed by atoms with Crippen molar-refractivity contribution in [1.82, 2.24) is 19.2 Å². The summed E-state index contributed by atoms with van der Waals surface area (Å²) in [4.78, 5) is 12.2. The molecule has 0 saturated carbocycles. The zero-order valence-corrected chi connectivity index (χ0v) is 16.1. The number of hydrogen-bond acceptors (Lipinski definition) is 6. The summed E-state index contributed by atoms with van der Waals surface area (Å²) in [5, 5.41) is 13.7. The van der Waals surface area contributed by atoms with E-state index < -0.39 is 0 Å². The molecule has 0 unspecified atom stereocenters. The fourth-order valence-electron chi connectivity index (χ4n) is 3.68. The van der Waals surface area contributed by atoms with E-state index >= 15 is 0 Å². The zero-order chi connectivity index (χ0) is 17.2. The van der Waals surface area contributed by atoms with E-state index in [2.05, 4.69) is 55.2 Å². The van der Waals surface area contributed by atoms with Crippen molar-refractivity contribution < 1.29 is 5.11 Å². The van der Waals surface area contributed by atoms with E-state index in [1.165, 1.54) is 10.6 Å². The van der Waals surface area contributed by atoms with E-state index in [0.717, 1.165) is 49.8 Å². The van der Waals surface area contributed by atoms with Gasteiger partial charge in [-0.3, -0.25) is 14.2 Å². The number of rotatable bonds is 6. The molecule has 134 valence electrons. The first-order chi connectivity index (χ1) is 12.2. The molecule has 1 aliphatic heterocycles. The maximum absolute atomic E-state index is 9.51. The van der Waals surface area contributed by atoms with Crippen LogP contribution in [0, 0.1) is 6.92 Å². The number of aromatic nitrogens is 2. The van der Waals surface area contributed by atoms with Crippen molar-refractivity contribution >= 4 is 27.6 Å². The molecule has 0 radical (unpaired) electrons. The van der Waals surface area contributed by atoms with Crippen LogP contribution < -0.4 is 0 Å².